The van der Waals surface area contributed by atoms with Gasteiger partial charge < -0.3 is 4.90 Å². The lowest BCUT2D eigenvalue weighted by Crippen LogP contribution is -2.37. The van der Waals surface area contributed by atoms with E-state index in [0.717, 1.165) is 37.0 Å². The van der Waals surface area contributed by atoms with Crippen molar-refractivity contribution in [3.05, 3.63) is 34.7 Å². The predicted molar refractivity (Wildman–Crippen MR) is 90.2 cm³/mol. The van der Waals surface area contributed by atoms with Gasteiger partial charge in [0.15, 0.2) is 0 Å². The van der Waals surface area contributed by atoms with Crippen LogP contribution in [0.15, 0.2) is 29.2 Å². The molecule has 0 unspecified atom stereocenters. The molecule has 0 bridgehead atoms. The first-order valence-electron chi connectivity index (χ1n) is 7.64. The summed E-state index contributed by atoms with van der Waals surface area (Å²) in [5.74, 6) is 0.372. The molecule has 2 aromatic heterocycles. The lowest BCUT2D eigenvalue weighted by Gasteiger charge is -2.34. The first-order chi connectivity index (χ1) is 11.1. The highest BCUT2D eigenvalue weighted by molar-refractivity contribution is 7.70. The molecule has 0 spiro atoms. The van der Waals surface area contributed by atoms with Crippen LogP contribution in [0.1, 0.15) is 12.8 Å². The zero-order valence-electron chi connectivity index (χ0n) is 12.9. The molecule has 7 nitrogen and oxygen atoms in total. The Hall–Kier alpha value is -1.93. The first-order valence-corrected chi connectivity index (χ1v) is 8.81. The summed E-state index contributed by atoms with van der Waals surface area (Å²) in [7, 11) is -0.789. The molecule has 1 aliphatic heterocycles. The number of nitrogens with one attached hydrogen (secondary N) is 1. The number of hydrogen-bond donors (Lipinski definition) is 2. The van der Waals surface area contributed by atoms with Crippen LogP contribution >= 0.6 is 0 Å². The second kappa shape index (κ2) is 6.67. The number of aryl methyl sites for hydroxylation is 1. The van der Waals surface area contributed by atoms with Gasteiger partial charge in [0.1, 0.15) is 5.65 Å². The molecule has 0 aliphatic carbocycles. The monoisotopic (exact) mass is 336 g/mol. The van der Waals surface area contributed by atoms with Gasteiger partial charge in [-0.05, 0) is 30.9 Å². The third kappa shape index (κ3) is 3.37. The van der Waals surface area contributed by atoms with E-state index in [4.69, 9.17) is 0 Å². The summed E-state index contributed by atoms with van der Waals surface area (Å²) in [4.78, 5) is 18.3. The van der Waals surface area contributed by atoms with Gasteiger partial charge in [0.25, 0.3) is 5.56 Å². The predicted octanol–water partition coefficient (Wildman–Crippen LogP) is 0.266. The van der Waals surface area contributed by atoms with Gasteiger partial charge in [0, 0.05) is 50.0 Å². The Bertz CT molecular complexity index is 830. The summed E-state index contributed by atoms with van der Waals surface area (Å²) in [6, 6.07) is 5.37. The molecule has 0 amide bonds. The standard InChI is InChI=1S/C15H20N4O3S/c1-18-14(20)3-2-12-13(4-7-16-15(12)18)19-8-5-11(6-9-19)10-17-23(21)22/h2-4,7,11,23H,5-6,8-10H2,1H3,(H,17,21,22). The van der Waals surface area contributed by atoms with E-state index < -0.39 is 10.9 Å². The number of rotatable bonds is 4. The summed E-state index contributed by atoms with van der Waals surface area (Å²) in [5.41, 5.74) is 1.69. The third-order valence-electron chi connectivity index (χ3n) is 4.45. The average molecular weight is 336 g/mol. The van der Waals surface area contributed by atoms with Gasteiger partial charge in [-0.1, -0.05) is 0 Å². The maximum atomic E-state index is 11.7. The fourth-order valence-corrected chi connectivity index (χ4v) is 3.51. The van der Waals surface area contributed by atoms with Crippen molar-refractivity contribution in [1.82, 2.24) is 14.3 Å². The normalized spacial score (nSPS) is 16.3. The number of nitrogens with zero attached hydrogens (tertiary/aromatic N) is 3. The summed E-state index contributed by atoms with van der Waals surface area (Å²) in [6.07, 6.45) is 3.60. The minimum atomic E-state index is -2.51. The lowest BCUT2D eigenvalue weighted by molar-refractivity contribution is 0.404. The second-order valence-corrected chi connectivity index (χ2v) is 6.68. The number of aromatic nitrogens is 2. The summed E-state index contributed by atoms with van der Waals surface area (Å²) >= 11 is 0. The Labute approximate surface area is 136 Å². The van der Waals surface area contributed by atoms with Crippen molar-refractivity contribution >= 4 is 27.6 Å². The lowest BCUT2D eigenvalue weighted by atomic mass is 9.96. The molecular formula is C15H20N4O3S. The van der Waals surface area contributed by atoms with Crippen LogP contribution in [-0.4, -0.2) is 37.6 Å². The van der Waals surface area contributed by atoms with E-state index in [1.165, 1.54) is 0 Å². The molecule has 1 N–H and O–H groups in total. The van der Waals surface area contributed by atoms with Crippen molar-refractivity contribution in [2.45, 2.75) is 12.8 Å². The maximum absolute atomic E-state index is 11.7. The maximum Gasteiger partial charge on any atom is 0.251 e. The zero-order valence-corrected chi connectivity index (χ0v) is 13.8. The highest BCUT2D eigenvalue weighted by Gasteiger charge is 2.21. The van der Waals surface area contributed by atoms with Gasteiger partial charge in [-0.2, -0.15) is 0 Å². The van der Waals surface area contributed by atoms with Crippen LogP contribution in [-0.2, 0) is 17.9 Å². The fraction of sp³-hybridized carbons (Fsp3) is 0.467. The Balaban J connectivity index is 1.80. The Morgan fingerprint density at radius 3 is 2.70 bits per heavy atom. The van der Waals surface area contributed by atoms with Gasteiger partial charge in [0.05, 0.1) is 0 Å². The Kier molecular flexibility index (Phi) is 4.63. The smallest absolute Gasteiger partial charge is 0.251 e. The molecule has 0 aromatic carbocycles. The van der Waals surface area contributed by atoms with E-state index in [-0.39, 0.29) is 5.56 Å². The number of fused-ring (bicyclic) bond motifs is 1. The number of pyridine rings is 2. The van der Waals surface area contributed by atoms with E-state index in [1.807, 2.05) is 12.1 Å². The molecule has 3 heterocycles. The minimum Gasteiger partial charge on any atom is -0.371 e. The molecule has 0 radical (unpaired) electrons. The highest BCUT2D eigenvalue weighted by Crippen LogP contribution is 2.28. The zero-order chi connectivity index (χ0) is 16.4. The van der Waals surface area contributed by atoms with Crippen molar-refractivity contribution in [3.63, 3.8) is 0 Å². The van der Waals surface area contributed by atoms with Crippen molar-refractivity contribution in [1.29, 1.82) is 0 Å². The summed E-state index contributed by atoms with van der Waals surface area (Å²) in [5, 5.41) is 0.966. The molecule has 1 aliphatic rings. The van der Waals surface area contributed by atoms with Crippen LogP contribution in [0.3, 0.4) is 0 Å². The van der Waals surface area contributed by atoms with E-state index in [9.17, 15) is 13.2 Å². The number of hydrogen-bond acceptors (Lipinski definition) is 5. The first kappa shape index (κ1) is 15.9. The molecule has 23 heavy (non-hydrogen) atoms. The van der Waals surface area contributed by atoms with E-state index >= 15 is 0 Å². The fourth-order valence-electron chi connectivity index (χ4n) is 3.11. The van der Waals surface area contributed by atoms with Crippen molar-refractivity contribution in [2.75, 3.05) is 24.5 Å². The van der Waals surface area contributed by atoms with Crippen molar-refractivity contribution < 1.29 is 8.42 Å². The SMILES string of the molecule is Cn1c(=O)ccc2c(N3CCC(CN[SH](=O)=O)CC3)ccnc21. The summed E-state index contributed by atoms with van der Waals surface area (Å²) < 4.78 is 25.3. The van der Waals surface area contributed by atoms with Gasteiger partial charge in [0.2, 0.25) is 10.9 Å². The van der Waals surface area contributed by atoms with Crippen LogP contribution in [0.2, 0.25) is 0 Å². The Morgan fingerprint density at radius 1 is 1.26 bits per heavy atom. The molecule has 124 valence electrons. The van der Waals surface area contributed by atoms with Crippen LogP contribution in [0.5, 0.6) is 0 Å². The molecule has 3 rings (SSSR count). The van der Waals surface area contributed by atoms with Gasteiger partial charge >= 0.3 is 0 Å². The number of piperidine rings is 1. The molecule has 8 heteroatoms. The molecule has 2 aromatic rings. The second-order valence-electron chi connectivity index (χ2n) is 5.85. The van der Waals surface area contributed by atoms with E-state index in [0.29, 0.717) is 18.1 Å². The van der Waals surface area contributed by atoms with Crippen LogP contribution in [0.4, 0.5) is 5.69 Å². The van der Waals surface area contributed by atoms with Gasteiger partial charge in [-0.15, -0.1) is 0 Å². The third-order valence-corrected chi connectivity index (χ3v) is 4.89. The van der Waals surface area contributed by atoms with E-state index in [2.05, 4.69) is 14.6 Å². The largest absolute Gasteiger partial charge is 0.371 e. The summed E-state index contributed by atoms with van der Waals surface area (Å²) in [6.45, 7) is 2.24. The van der Waals surface area contributed by atoms with Crippen LogP contribution in [0.25, 0.3) is 11.0 Å². The van der Waals surface area contributed by atoms with E-state index in [1.54, 1.807) is 23.9 Å². The van der Waals surface area contributed by atoms with Gasteiger partial charge in [-0.3, -0.25) is 9.36 Å². The van der Waals surface area contributed by atoms with Crippen LogP contribution < -0.4 is 15.2 Å². The Morgan fingerprint density at radius 2 is 2.00 bits per heavy atom. The number of anilines is 1. The topological polar surface area (TPSA) is 84.3 Å². The molecule has 1 fully saturated rings. The quantitative estimate of drug-likeness (QED) is 0.783. The molecular weight excluding hydrogens is 316 g/mol. The van der Waals surface area contributed by atoms with Crippen molar-refractivity contribution in [2.24, 2.45) is 13.0 Å². The molecule has 1 saturated heterocycles. The number of thiol groups is 1. The molecule has 0 atom stereocenters. The van der Waals surface area contributed by atoms with Crippen LogP contribution in [0, 0.1) is 5.92 Å². The minimum absolute atomic E-state index is 0.0707. The average Bonchev–Trinajstić information content (AvgIpc) is 2.56. The van der Waals surface area contributed by atoms with Gasteiger partial charge in [-0.25, -0.2) is 18.1 Å². The molecule has 0 saturated carbocycles. The van der Waals surface area contributed by atoms with Crippen molar-refractivity contribution in [3.8, 4) is 0 Å². The highest BCUT2D eigenvalue weighted by atomic mass is 32.2.